The molecule has 2 aromatic heterocycles. The monoisotopic (exact) mass is 486 g/mol. The molecule has 166 valence electrons. The number of benzene rings is 2. The van der Waals surface area contributed by atoms with Gasteiger partial charge in [0.25, 0.3) is 0 Å². The molecule has 0 saturated carbocycles. The quantitative estimate of drug-likeness (QED) is 0.324. The van der Waals surface area contributed by atoms with Crippen molar-refractivity contribution in [1.82, 2.24) is 9.29 Å². The van der Waals surface area contributed by atoms with Crippen molar-refractivity contribution >= 4 is 43.9 Å². The number of methoxy groups -OCH3 is 1. The Morgan fingerprint density at radius 3 is 2.53 bits per heavy atom. The van der Waals surface area contributed by atoms with Crippen LogP contribution in [0.3, 0.4) is 0 Å². The van der Waals surface area contributed by atoms with Crippen LogP contribution in [-0.4, -0.2) is 37.6 Å². The zero-order valence-corrected chi connectivity index (χ0v) is 20.2. The summed E-state index contributed by atoms with van der Waals surface area (Å²) < 4.78 is 32.1. The highest BCUT2D eigenvalue weighted by Gasteiger charge is 2.20. The lowest BCUT2D eigenvalue weighted by atomic mass is 10.0. The predicted molar refractivity (Wildman–Crippen MR) is 132 cm³/mol. The molecule has 0 unspecified atom stereocenters. The van der Waals surface area contributed by atoms with E-state index in [-0.39, 0.29) is 6.54 Å². The van der Waals surface area contributed by atoms with E-state index >= 15 is 0 Å². The predicted octanol–water partition coefficient (Wildman–Crippen LogP) is 5.63. The molecule has 0 bridgehead atoms. The van der Waals surface area contributed by atoms with Crippen LogP contribution in [0.4, 0.5) is 0 Å². The second-order valence-electron chi connectivity index (χ2n) is 7.54. The van der Waals surface area contributed by atoms with Crippen LogP contribution >= 0.6 is 22.9 Å². The summed E-state index contributed by atoms with van der Waals surface area (Å²) in [5.41, 5.74) is 4.46. The van der Waals surface area contributed by atoms with Crippen LogP contribution in [0.15, 0.2) is 65.4 Å². The Morgan fingerprint density at radius 2 is 1.88 bits per heavy atom. The SMILES string of the molecule is COc1ccc2cc(CN(CCc3ccc(Cl)cc3)S(C)(=O)=O)c(-c3ccsc3)nc2c1. The molecule has 2 aromatic carbocycles. The van der Waals surface area contributed by atoms with E-state index in [0.29, 0.717) is 18.0 Å². The third-order valence-corrected chi connectivity index (χ3v) is 7.46. The number of aromatic nitrogens is 1. The number of ether oxygens (including phenoxy) is 1. The Morgan fingerprint density at radius 1 is 1.09 bits per heavy atom. The van der Waals surface area contributed by atoms with Gasteiger partial charge in [-0.25, -0.2) is 13.4 Å². The van der Waals surface area contributed by atoms with Crippen LogP contribution in [0.5, 0.6) is 5.75 Å². The molecule has 0 fully saturated rings. The fourth-order valence-electron chi connectivity index (χ4n) is 3.54. The number of sulfonamides is 1. The van der Waals surface area contributed by atoms with Gasteiger partial charge in [-0.05, 0) is 59.3 Å². The van der Waals surface area contributed by atoms with Crippen molar-refractivity contribution in [2.45, 2.75) is 13.0 Å². The van der Waals surface area contributed by atoms with Crippen LogP contribution in [-0.2, 0) is 23.0 Å². The summed E-state index contributed by atoms with van der Waals surface area (Å²) in [6, 6.07) is 17.2. The molecule has 32 heavy (non-hydrogen) atoms. The maximum Gasteiger partial charge on any atom is 0.211 e. The van der Waals surface area contributed by atoms with E-state index in [2.05, 4.69) is 0 Å². The summed E-state index contributed by atoms with van der Waals surface area (Å²) in [5.74, 6) is 0.731. The van der Waals surface area contributed by atoms with Crippen LogP contribution in [0, 0.1) is 0 Å². The summed E-state index contributed by atoms with van der Waals surface area (Å²) in [7, 11) is -1.80. The third kappa shape index (κ3) is 5.30. The van der Waals surface area contributed by atoms with Gasteiger partial charge in [0, 0.05) is 40.5 Å². The minimum absolute atomic E-state index is 0.243. The molecule has 0 aliphatic heterocycles. The fourth-order valence-corrected chi connectivity index (χ4v) is 5.11. The lowest BCUT2D eigenvalue weighted by molar-refractivity contribution is 0.413. The molecular formula is C24H23ClN2O3S2. The maximum atomic E-state index is 12.6. The standard InChI is InChI=1S/C24H23ClN2O3S2/c1-30-22-8-5-18-13-20(24(26-23(18)14-22)19-10-12-31-16-19)15-27(32(2,28)29)11-9-17-3-6-21(25)7-4-17/h3-8,10,12-14,16H,9,11,15H2,1-2H3. The van der Waals surface area contributed by atoms with Gasteiger partial charge in [0.2, 0.25) is 10.0 Å². The molecule has 0 radical (unpaired) electrons. The summed E-state index contributed by atoms with van der Waals surface area (Å²) in [5, 5.41) is 5.61. The number of fused-ring (bicyclic) bond motifs is 1. The van der Waals surface area contributed by atoms with E-state index in [1.54, 1.807) is 18.4 Å². The highest BCUT2D eigenvalue weighted by molar-refractivity contribution is 7.88. The van der Waals surface area contributed by atoms with Gasteiger partial charge in [0.15, 0.2) is 0 Å². The molecule has 0 amide bonds. The van der Waals surface area contributed by atoms with E-state index < -0.39 is 10.0 Å². The fraction of sp³-hybridized carbons (Fsp3) is 0.208. The third-order valence-electron chi connectivity index (χ3n) is 5.28. The summed E-state index contributed by atoms with van der Waals surface area (Å²) >= 11 is 7.55. The van der Waals surface area contributed by atoms with Crippen LogP contribution in [0.2, 0.25) is 5.02 Å². The van der Waals surface area contributed by atoms with Gasteiger partial charge in [0.05, 0.1) is 24.6 Å². The van der Waals surface area contributed by atoms with Gasteiger partial charge in [-0.2, -0.15) is 15.6 Å². The van der Waals surface area contributed by atoms with Gasteiger partial charge >= 0.3 is 0 Å². The van der Waals surface area contributed by atoms with Gasteiger partial charge in [-0.3, -0.25) is 0 Å². The molecular weight excluding hydrogens is 464 g/mol. The van der Waals surface area contributed by atoms with Gasteiger partial charge < -0.3 is 4.74 Å². The maximum absolute atomic E-state index is 12.6. The highest BCUT2D eigenvalue weighted by atomic mass is 35.5. The van der Waals surface area contributed by atoms with Crippen molar-refractivity contribution < 1.29 is 13.2 Å². The Labute approximate surface area is 197 Å². The number of nitrogens with zero attached hydrogens (tertiary/aromatic N) is 2. The molecule has 4 rings (SSSR count). The van der Waals surface area contributed by atoms with Crippen molar-refractivity contribution in [1.29, 1.82) is 0 Å². The zero-order chi connectivity index (χ0) is 22.7. The number of thiophene rings is 1. The van der Waals surface area contributed by atoms with E-state index in [9.17, 15) is 8.42 Å². The normalized spacial score (nSPS) is 11.9. The number of pyridine rings is 1. The van der Waals surface area contributed by atoms with Crippen LogP contribution in [0.1, 0.15) is 11.1 Å². The smallest absolute Gasteiger partial charge is 0.211 e. The average molecular weight is 487 g/mol. The van der Waals surface area contributed by atoms with Crippen molar-refractivity contribution in [3.05, 3.63) is 81.5 Å². The zero-order valence-electron chi connectivity index (χ0n) is 17.8. The van der Waals surface area contributed by atoms with E-state index in [4.69, 9.17) is 21.3 Å². The van der Waals surface area contributed by atoms with Crippen molar-refractivity contribution in [3.63, 3.8) is 0 Å². The molecule has 0 N–H and O–H groups in total. The van der Waals surface area contributed by atoms with Crippen molar-refractivity contribution in [2.75, 3.05) is 19.9 Å². The summed E-state index contributed by atoms with van der Waals surface area (Å²) in [6.45, 7) is 0.608. The molecule has 4 aromatic rings. The highest BCUT2D eigenvalue weighted by Crippen LogP contribution is 2.30. The first-order valence-corrected chi connectivity index (χ1v) is 13.2. The van der Waals surface area contributed by atoms with Crippen molar-refractivity contribution in [2.24, 2.45) is 0 Å². The largest absolute Gasteiger partial charge is 0.497 e. The first-order chi connectivity index (χ1) is 15.3. The minimum atomic E-state index is -3.43. The van der Waals surface area contributed by atoms with Crippen LogP contribution in [0.25, 0.3) is 22.2 Å². The summed E-state index contributed by atoms with van der Waals surface area (Å²) in [6.07, 6.45) is 1.84. The molecule has 0 spiro atoms. The minimum Gasteiger partial charge on any atom is -0.497 e. The number of hydrogen-bond acceptors (Lipinski definition) is 5. The van der Waals surface area contributed by atoms with E-state index in [1.807, 2.05) is 65.4 Å². The molecule has 8 heteroatoms. The Kier molecular flexibility index (Phi) is 6.81. The van der Waals surface area contributed by atoms with E-state index in [0.717, 1.165) is 39.0 Å². The van der Waals surface area contributed by atoms with Gasteiger partial charge in [0.1, 0.15) is 5.75 Å². The molecule has 2 heterocycles. The van der Waals surface area contributed by atoms with E-state index in [1.165, 1.54) is 10.6 Å². The lowest BCUT2D eigenvalue weighted by Gasteiger charge is -2.22. The Bertz CT molecular complexity index is 1320. The topological polar surface area (TPSA) is 59.5 Å². The first kappa shape index (κ1) is 22.7. The first-order valence-electron chi connectivity index (χ1n) is 10.0. The second kappa shape index (κ2) is 9.58. The van der Waals surface area contributed by atoms with Gasteiger partial charge in [-0.1, -0.05) is 23.7 Å². The molecule has 0 atom stereocenters. The molecule has 0 aliphatic carbocycles. The summed E-state index contributed by atoms with van der Waals surface area (Å²) in [4.78, 5) is 4.88. The Hall–Kier alpha value is -2.45. The lowest BCUT2D eigenvalue weighted by Crippen LogP contribution is -2.31. The molecule has 0 aliphatic rings. The number of hydrogen-bond donors (Lipinski definition) is 0. The molecule has 5 nitrogen and oxygen atoms in total. The number of rotatable bonds is 8. The van der Waals surface area contributed by atoms with Crippen molar-refractivity contribution in [3.8, 4) is 17.0 Å². The Balaban J connectivity index is 1.70. The second-order valence-corrected chi connectivity index (χ2v) is 10.7. The molecule has 0 saturated heterocycles. The average Bonchev–Trinajstić information content (AvgIpc) is 3.30. The number of halogens is 1. The van der Waals surface area contributed by atoms with Crippen LogP contribution < -0.4 is 4.74 Å². The van der Waals surface area contributed by atoms with Gasteiger partial charge in [-0.15, -0.1) is 0 Å².